The van der Waals surface area contributed by atoms with Crippen LogP contribution in [0.5, 0.6) is 11.5 Å². The number of nitrogens with zero attached hydrogens (tertiary/aromatic N) is 2. The molecule has 1 aromatic heterocycles. The summed E-state index contributed by atoms with van der Waals surface area (Å²) in [6.07, 6.45) is 0. The van der Waals surface area contributed by atoms with Gasteiger partial charge in [0.15, 0.2) is 13.2 Å². The first-order chi connectivity index (χ1) is 13.5. The van der Waals surface area contributed by atoms with Crippen molar-refractivity contribution in [1.82, 2.24) is 10.1 Å². The van der Waals surface area contributed by atoms with E-state index in [-0.39, 0.29) is 39.9 Å². The first-order valence-corrected chi connectivity index (χ1v) is 8.99. The van der Waals surface area contributed by atoms with Gasteiger partial charge in [0.05, 0.1) is 22.2 Å². The topological polar surface area (TPSA) is 83.7 Å². The number of hydrogen-bond acceptors (Lipinski definition) is 7. The molecular weight excluding hydrogens is 431 g/mol. The van der Waals surface area contributed by atoms with Gasteiger partial charge in [-0.05, 0) is 18.2 Å². The van der Waals surface area contributed by atoms with Crippen LogP contribution in [0.2, 0.25) is 15.1 Å². The van der Waals surface area contributed by atoms with E-state index in [1.807, 2.05) is 0 Å². The first kappa shape index (κ1) is 20.3. The van der Waals surface area contributed by atoms with Crippen molar-refractivity contribution in [2.75, 3.05) is 13.7 Å². The molecule has 0 amide bonds. The fraction of sp³-hybridized carbons (Fsp3) is 0.167. The molecule has 7 nitrogen and oxygen atoms in total. The van der Waals surface area contributed by atoms with E-state index in [1.54, 1.807) is 31.4 Å². The summed E-state index contributed by atoms with van der Waals surface area (Å²) in [6.45, 7) is -0.581. The van der Waals surface area contributed by atoms with Crippen molar-refractivity contribution < 1.29 is 23.5 Å². The van der Waals surface area contributed by atoms with Crippen molar-refractivity contribution in [3.8, 4) is 22.9 Å². The zero-order valence-corrected chi connectivity index (χ0v) is 16.7. The maximum atomic E-state index is 11.9. The number of aromatic nitrogens is 2. The standard InChI is InChI=1S/C18H13Cl3N2O5/c1-25-11-4-2-3-10(5-11)18-22-16(28-23-18)8-27-17(24)9-26-15-7-13(20)12(19)6-14(15)21/h2-7H,8-9H2,1H3. The second-order valence-electron chi connectivity index (χ2n) is 5.39. The summed E-state index contributed by atoms with van der Waals surface area (Å²) in [4.78, 5) is 16.0. The number of ether oxygens (including phenoxy) is 3. The molecule has 146 valence electrons. The molecule has 1 heterocycles. The van der Waals surface area contributed by atoms with Crippen LogP contribution in [0.15, 0.2) is 40.9 Å². The third-order valence-electron chi connectivity index (χ3n) is 3.47. The van der Waals surface area contributed by atoms with Gasteiger partial charge in [0.25, 0.3) is 5.89 Å². The fourth-order valence-corrected chi connectivity index (χ4v) is 2.72. The van der Waals surface area contributed by atoms with Crippen molar-refractivity contribution in [3.05, 3.63) is 57.4 Å². The Kier molecular flexibility index (Phi) is 6.61. The van der Waals surface area contributed by atoms with Crippen molar-refractivity contribution in [3.63, 3.8) is 0 Å². The summed E-state index contributed by atoms with van der Waals surface area (Å²) in [6, 6.07) is 10.00. The van der Waals surface area contributed by atoms with Gasteiger partial charge in [0.1, 0.15) is 11.5 Å². The van der Waals surface area contributed by atoms with Gasteiger partial charge in [-0.3, -0.25) is 0 Å². The van der Waals surface area contributed by atoms with Crippen molar-refractivity contribution in [2.45, 2.75) is 6.61 Å². The zero-order chi connectivity index (χ0) is 20.1. The fourth-order valence-electron chi connectivity index (χ4n) is 2.13. The van der Waals surface area contributed by atoms with Gasteiger partial charge < -0.3 is 18.7 Å². The largest absolute Gasteiger partial charge is 0.497 e. The second-order valence-corrected chi connectivity index (χ2v) is 6.61. The summed E-state index contributed by atoms with van der Waals surface area (Å²) < 4.78 is 20.6. The van der Waals surface area contributed by atoms with Crippen LogP contribution in [0, 0.1) is 0 Å². The highest BCUT2D eigenvalue weighted by molar-refractivity contribution is 6.43. The van der Waals surface area contributed by atoms with E-state index in [9.17, 15) is 4.79 Å². The molecule has 0 N–H and O–H groups in total. The van der Waals surface area contributed by atoms with Crippen LogP contribution in [0.3, 0.4) is 0 Å². The number of carbonyl (C=O) groups excluding carboxylic acids is 1. The van der Waals surface area contributed by atoms with E-state index >= 15 is 0 Å². The van der Waals surface area contributed by atoms with E-state index in [0.29, 0.717) is 17.1 Å². The van der Waals surface area contributed by atoms with E-state index in [0.717, 1.165) is 0 Å². The lowest BCUT2D eigenvalue weighted by Gasteiger charge is -2.08. The molecule has 0 unspecified atom stereocenters. The average molecular weight is 444 g/mol. The minimum atomic E-state index is -0.650. The predicted octanol–water partition coefficient (Wildman–Crippen LogP) is 4.83. The third kappa shape index (κ3) is 5.07. The predicted molar refractivity (Wildman–Crippen MR) is 103 cm³/mol. The number of methoxy groups -OCH3 is 1. The van der Waals surface area contributed by atoms with E-state index in [4.69, 9.17) is 53.5 Å². The number of benzene rings is 2. The minimum Gasteiger partial charge on any atom is -0.497 e. The number of carbonyl (C=O) groups is 1. The summed E-state index contributed by atoms with van der Waals surface area (Å²) in [5.74, 6) is 0.713. The Balaban J connectivity index is 1.54. The van der Waals surface area contributed by atoms with Crippen LogP contribution in [0.1, 0.15) is 5.89 Å². The second kappa shape index (κ2) is 9.14. The van der Waals surface area contributed by atoms with Crippen molar-refractivity contribution >= 4 is 40.8 Å². The first-order valence-electron chi connectivity index (χ1n) is 7.86. The molecule has 0 aliphatic heterocycles. The highest BCUT2D eigenvalue weighted by atomic mass is 35.5. The number of esters is 1. The Morgan fingerprint density at radius 2 is 1.89 bits per heavy atom. The molecule has 3 aromatic rings. The molecule has 2 aromatic carbocycles. The lowest BCUT2D eigenvalue weighted by atomic mass is 10.2. The lowest BCUT2D eigenvalue weighted by Crippen LogP contribution is -2.15. The summed E-state index contributed by atoms with van der Waals surface area (Å²) >= 11 is 17.7. The Labute approximate surface area is 175 Å². The highest BCUT2D eigenvalue weighted by Gasteiger charge is 2.14. The Bertz CT molecular complexity index is 993. The zero-order valence-electron chi connectivity index (χ0n) is 14.4. The maximum Gasteiger partial charge on any atom is 0.344 e. The molecule has 0 spiro atoms. The molecule has 0 atom stereocenters. The van der Waals surface area contributed by atoms with Crippen LogP contribution in [0.25, 0.3) is 11.4 Å². The van der Waals surface area contributed by atoms with Gasteiger partial charge in [-0.1, -0.05) is 52.1 Å². The van der Waals surface area contributed by atoms with Crippen LogP contribution in [-0.4, -0.2) is 29.8 Å². The summed E-state index contributed by atoms with van der Waals surface area (Å²) in [5, 5.41) is 4.62. The molecule has 0 saturated heterocycles. The number of hydrogen-bond donors (Lipinski definition) is 0. The number of halogens is 3. The molecule has 0 aliphatic carbocycles. The Hall–Kier alpha value is -2.48. The van der Waals surface area contributed by atoms with E-state index in [1.165, 1.54) is 12.1 Å². The smallest absolute Gasteiger partial charge is 0.344 e. The van der Waals surface area contributed by atoms with Crippen molar-refractivity contribution in [1.29, 1.82) is 0 Å². The van der Waals surface area contributed by atoms with E-state index < -0.39 is 5.97 Å². The summed E-state index contributed by atoms with van der Waals surface area (Å²) in [5.41, 5.74) is 0.707. The highest BCUT2D eigenvalue weighted by Crippen LogP contribution is 2.33. The van der Waals surface area contributed by atoms with Gasteiger partial charge >= 0.3 is 5.97 Å². The molecule has 0 saturated carbocycles. The normalized spacial score (nSPS) is 10.6. The van der Waals surface area contributed by atoms with Crippen molar-refractivity contribution in [2.24, 2.45) is 0 Å². The Morgan fingerprint density at radius 3 is 2.68 bits per heavy atom. The average Bonchev–Trinajstić information content (AvgIpc) is 3.17. The van der Waals surface area contributed by atoms with Gasteiger partial charge in [0, 0.05) is 11.6 Å². The molecule has 10 heteroatoms. The Morgan fingerprint density at radius 1 is 1.11 bits per heavy atom. The molecule has 0 bridgehead atoms. The van der Waals surface area contributed by atoms with Crippen LogP contribution in [-0.2, 0) is 16.1 Å². The molecular formula is C18H13Cl3N2O5. The lowest BCUT2D eigenvalue weighted by molar-refractivity contribution is -0.148. The molecule has 3 rings (SSSR count). The SMILES string of the molecule is COc1cccc(-c2noc(COC(=O)COc3cc(Cl)c(Cl)cc3Cl)n2)c1. The van der Waals surface area contributed by atoms with Gasteiger partial charge in [-0.25, -0.2) is 4.79 Å². The van der Waals surface area contributed by atoms with Crippen LogP contribution in [0.4, 0.5) is 0 Å². The minimum absolute atomic E-state index is 0.138. The monoisotopic (exact) mass is 442 g/mol. The third-order valence-corrected chi connectivity index (χ3v) is 4.49. The molecule has 0 aliphatic rings. The molecule has 0 radical (unpaired) electrons. The van der Waals surface area contributed by atoms with E-state index in [2.05, 4.69) is 10.1 Å². The summed E-state index contributed by atoms with van der Waals surface area (Å²) in [7, 11) is 1.56. The van der Waals surface area contributed by atoms with Crippen LogP contribution < -0.4 is 9.47 Å². The van der Waals surface area contributed by atoms with Gasteiger partial charge in [0.2, 0.25) is 5.82 Å². The van der Waals surface area contributed by atoms with Gasteiger partial charge in [-0.15, -0.1) is 0 Å². The maximum absolute atomic E-state index is 11.9. The van der Waals surface area contributed by atoms with Gasteiger partial charge in [-0.2, -0.15) is 4.98 Å². The number of rotatable bonds is 7. The quantitative estimate of drug-likeness (QED) is 0.382. The molecule has 28 heavy (non-hydrogen) atoms. The van der Waals surface area contributed by atoms with Crippen LogP contribution >= 0.6 is 34.8 Å². The molecule has 0 fully saturated rings.